The molecule has 2 amide bonds. The summed E-state index contributed by atoms with van der Waals surface area (Å²) in [6.45, 7) is 2.17. The lowest BCUT2D eigenvalue weighted by Gasteiger charge is -2.09. The lowest BCUT2D eigenvalue weighted by Crippen LogP contribution is -2.25. The SMILES string of the molecule is Cc1c(C(=O)N(C)C)sc(N)c1C(=O)NCc1ccccc1. The highest BCUT2D eigenvalue weighted by Gasteiger charge is 2.23. The standard InChI is InChI=1S/C16H19N3O2S/c1-10-12(14(17)22-13(10)16(21)19(2)3)15(20)18-9-11-7-5-4-6-8-11/h4-8H,9,17H2,1-3H3,(H,18,20). The summed E-state index contributed by atoms with van der Waals surface area (Å²) >= 11 is 1.15. The van der Waals surface area contributed by atoms with Crippen molar-refractivity contribution in [3.8, 4) is 0 Å². The number of thiophene rings is 1. The van der Waals surface area contributed by atoms with Crippen molar-refractivity contribution in [2.45, 2.75) is 13.5 Å². The average molecular weight is 317 g/mol. The van der Waals surface area contributed by atoms with Crippen LogP contribution in [0.15, 0.2) is 30.3 Å². The van der Waals surface area contributed by atoms with Crippen LogP contribution in [0.25, 0.3) is 0 Å². The van der Waals surface area contributed by atoms with Crippen molar-refractivity contribution in [2.75, 3.05) is 19.8 Å². The molecule has 0 atom stereocenters. The molecule has 0 saturated carbocycles. The first-order chi connectivity index (χ1) is 10.4. The van der Waals surface area contributed by atoms with E-state index in [-0.39, 0.29) is 11.8 Å². The van der Waals surface area contributed by atoms with E-state index in [1.165, 1.54) is 4.90 Å². The molecule has 0 spiro atoms. The summed E-state index contributed by atoms with van der Waals surface area (Å²) in [6.07, 6.45) is 0. The molecule has 1 heterocycles. The van der Waals surface area contributed by atoms with Crippen LogP contribution in [0.3, 0.4) is 0 Å². The third-order valence-corrected chi connectivity index (χ3v) is 4.41. The molecule has 2 rings (SSSR count). The summed E-state index contributed by atoms with van der Waals surface area (Å²) in [5.41, 5.74) is 7.97. The van der Waals surface area contributed by atoms with Crippen LogP contribution in [-0.2, 0) is 6.54 Å². The predicted octanol–water partition coefficient (Wildman–Crippen LogP) is 2.27. The second-order valence-corrected chi connectivity index (χ2v) is 6.22. The molecule has 5 nitrogen and oxygen atoms in total. The van der Waals surface area contributed by atoms with Gasteiger partial charge in [-0.25, -0.2) is 0 Å². The van der Waals surface area contributed by atoms with Crippen LogP contribution in [0.2, 0.25) is 0 Å². The van der Waals surface area contributed by atoms with E-state index in [0.717, 1.165) is 16.9 Å². The van der Waals surface area contributed by atoms with E-state index in [4.69, 9.17) is 5.73 Å². The first kappa shape index (κ1) is 16.0. The number of rotatable bonds is 4. The van der Waals surface area contributed by atoms with E-state index < -0.39 is 0 Å². The molecule has 0 aliphatic heterocycles. The summed E-state index contributed by atoms with van der Waals surface area (Å²) in [5, 5.41) is 3.21. The zero-order valence-corrected chi connectivity index (χ0v) is 13.7. The highest BCUT2D eigenvalue weighted by molar-refractivity contribution is 7.18. The minimum atomic E-state index is -0.257. The number of nitrogens with two attached hydrogens (primary N) is 1. The maximum absolute atomic E-state index is 12.4. The number of carbonyl (C=O) groups is 2. The Bertz CT molecular complexity index is 693. The Morgan fingerprint density at radius 2 is 1.86 bits per heavy atom. The second kappa shape index (κ2) is 6.62. The van der Waals surface area contributed by atoms with Gasteiger partial charge in [0.1, 0.15) is 0 Å². The third-order valence-electron chi connectivity index (χ3n) is 3.30. The van der Waals surface area contributed by atoms with Crippen LogP contribution >= 0.6 is 11.3 Å². The molecule has 116 valence electrons. The number of amides is 2. The summed E-state index contributed by atoms with van der Waals surface area (Å²) in [7, 11) is 3.35. The molecule has 0 unspecified atom stereocenters. The molecule has 2 aromatic rings. The van der Waals surface area contributed by atoms with Gasteiger partial charge in [0.15, 0.2) is 0 Å². The monoisotopic (exact) mass is 317 g/mol. The van der Waals surface area contributed by atoms with Gasteiger partial charge in [0.25, 0.3) is 11.8 Å². The number of hydrogen-bond donors (Lipinski definition) is 2. The normalized spacial score (nSPS) is 10.3. The third kappa shape index (κ3) is 3.28. The number of carbonyl (C=O) groups excluding carboxylic acids is 2. The minimum absolute atomic E-state index is 0.142. The quantitative estimate of drug-likeness (QED) is 0.908. The van der Waals surface area contributed by atoms with Gasteiger partial charge in [0.2, 0.25) is 0 Å². The van der Waals surface area contributed by atoms with E-state index in [1.807, 2.05) is 30.3 Å². The van der Waals surface area contributed by atoms with Gasteiger partial charge in [0, 0.05) is 20.6 Å². The molecule has 0 aliphatic carbocycles. The Labute approximate surface area is 133 Å². The van der Waals surface area contributed by atoms with Gasteiger partial charge in [0.05, 0.1) is 15.4 Å². The zero-order valence-electron chi connectivity index (χ0n) is 12.8. The van der Waals surface area contributed by atoms with Gasteiger partial charge < -0.3 is 16.0 Å². The van der Waals surface area contributed by atoms with Crippen LogP contribution in [0.4, 0.5) is 5.00 Å². The van der Waals surface area contributed by atoms with Crippen LogP contribution in [0.1, 0.15) is 31.2 Å². The molecule has 0 saturated heterocycles. The molecule has 22 heavy (non-hydrogen) atoms. The van der Waals surface area contributed by atoms with Crippen LogP contribution < -0.4 is 11.1 Å². The fourth-order valence-electron chi connectivity index (χ4n) is 2.09. The van der Waals surface area contributed by atoms with Crippen molar-refractivity contribution in [1.82, 2.24) is 10.2 Å². The van der Waals surface area contributed by atoms with Gasteiger partial charge in [-0.15, -0.1) is 11.3 Å². The van der Waals surface area contributed by atoms with Crippen LogP contribution in [-0.4, -0.2) is 30.8 Å². The lowest BCUT2D eigenvalue weighted by atomic mass is 10.1. The van der Waals surface area contributed by atoms with Crippen molar-refractivity contribution >= 4 is 28.2 Å². The van der Waals surface area contributed by atoms with Gasteiger partial charge >= 0.3 is 0 Å². The van der Waals surface area contributed by atoms with Crippen molar-refractivity contribution in [3.63, 3.8) is 0 Å². The molecule has 6 heteroatoms. The van der Waals surface area contributed by atoms with Crippen LogP contribution in [0, 0.1) is 6.92 Å². The summed E-state index contributed by atoms with van der Waals surface area (Å²) in [4.78, 5) is 26.4. The molecular weight excluding hydrogens is 298 g/mol. The summed E-state index contributed by atoms with van der Waals surface area (Å²) in [6, 6.07) is 9.63. The van der Waals surface area contributed by atoms with Gasteiger partial charge in [-0.2, -0.15) is 0 Å². The molecule has 0 bridgehead atoms. The van der Waals surface area contributed by atoms with Crippen LogP contribution in [0.5, 0.6) is 0 Å². The summed E-state index contributed by atoms with van der Waals surface area (Å²) < 4.78 is 0. The molecule has 0 fully saturated rings. The van der Waals surface area contributed by atoms with Crippen molar-refractivity contribution in [3.05, 3.63) is 51.9 Å². The molecule has 0 radical (unpaired) electrons. The predicted molar refractivity (Wildman–Crippen MR) is 89.1 cm³/mol. The maximum Gasteiger partial charge on any atom is 0.263 e. The molecule has 0 aliphatic rings. The Morgan fingerprint density at radius 3 is 2.45 bits per heavy atom. The fraction of sp³-hybridized carbons (Fsp3) is 0.250. The molecule has 1 aromatic heterocycles. The van der Waals surface area contributed by atoms with Crippen molar-refractivity contribution < 1.29 is 9.59 Å². The number of hydrogen-bond acceptors (Lipinski definition) is 4. The fourth-order valence-corrected chi connectivity index (χ4v) is 3.18. The molecular formula is C16H19N3O2S. The van der Waals surface area contributed by atoms with Gasteiger partial charge in [-0.05, 0) is 18.1 Å². The topological polar surface area (TPSA) is 75.4 Å². The number of anilines is 1. The van der Waals surface area contributed by atoms with E-state index >= 15 is 0 Å². The maximum atomic E-state index is 12.4. The largest absolute Gasteiger partial charge is 0.390 e. The Hall–Kier alpha value is -2.34. The smallest absolute Gasteiger partial charge is 0.263 e. The van der Waals surface area contributed by atoms with Crippen molar-refractivity contribution in [1.29, 1.82) is 0 Å². The second-order valence-electron chi connectivity index (χ2n) is 5.16. The Balaban J connectivity index is 2.18. The number of benzene rings is 1. The number of nitrogens with one attached hydrogen (secondary N) is 1. The molecule has 1 aromatic carbocycles. The first-order valence-corrected chi connectivity index (χ1v) is 7.66. The van der Waals surface area contributed by atoms with E-state index in [2.05, 4.69) is 5.32 Å². The lowest BCUT2D eigenvalue weighted by molar-refractivity contribution is 0.0831. The van der Waals surface area contributed by atoms with E-state index in [9.17, 15) is 9.59 Å². The number of nitrogens with zero attached hydrogens (tertiary/aromatic N) is 1. The Kier molecular flexibility index (Phi) is 4.82. The Morgan fingerprint density at radius 1 is 1.23 bits per heavy atom. The highest BCUT2D eigenvalue weighted by Crippen LogP contribution is 2.31. The molecule has 3 N–H and O–H groups in total. The van der Waals surface area contributed by atoms with E-state index in [1.54, 1.807) is 21.0 Å². The van der Waals surface area contributed by atoms with Gasteiger partial charge in [-0.1, -0.05) is 30.3 Å². The summed E-state index contributed by atoms with van der Waals surface area (Å²) in [5.74, 6) is -0.399. The highest BCUT2D eigenvalue weighted by atomic mass is 32.1. The number of nitrogen functional groups attached to an aromatic ring is 1. The minimum Gasteiger partial charge on any atom is -0.390 e. The first-order valence-electron chi connectivity index (χ1n) is 6.84. The van der Waals surface area contributed by atoms with Gasteiger partial charge in [-0.3, -0.25) is 9.59 Å². The zero-order chi connectivity index (χ0) is 16.3. The average Bonchev–Trinajstić information content (AvgIpc) is 2.80. The van der Waals surface area contributed by atoms with E-state index in [0.29, 0.717) is 27.5 Å². The van der Waals surface area contributed by atoms with Crippen molar-refractivity contribution in [2.24, 2.45) is 0 Å².